The summed E-state index contributed by atoms with van der Waals surface area (Å²) in [5.41, 5.74) is 12.0. The average molecular weight is 558 g/mol. The van der Waals surface area contributed by atoms with Gasteiger partial charge < -0.3 is 40.5 Å². The number of rotatable bonds is 12. The van der Waals surface area contributed by atoms with Crippen molar-refractivity contribution in [2.24, 2.45) is 5.73 Å². The number of nitrogen functional groups attached to an aromatic ring is 1. The summed E-state index contributed by atoms with van der Waals surface area (Å²) in [5, 5.41) is 0. The van der Waals surface area contributed by atoms with Crippen LogP contribution in [-0.4, -0.2) is 58.3 Å². The number of phosphoric ester groups is 1. The smallest absolute Gasteiger partial charge is 0.486 e. The predicted molar refractivity (Wildman–Crippen MR) is 115 cm³/mol. The van der Waals surface area contributed by atoms with Gasteiger partial charge in [-0.05, 0) is 0 Å². The van der Waals surface area contributed by atoms with Crippen LogP contribution in [0.5, 0.6) is 0 Å². The maximum atomic E-state index is 12.1. The van der Waals surface area contributed by atoms with Crippen LogP contribution >= 0.6 is 23.5 Å². The van der Waals surface area contributed by atoms with Crippen LogP contribution in [0, 0.1) is 0 Å². The Morgan fingerprint density at radius 2 is 1.91 bits per heavy atom. The molecule has 0 aliphatic carbocycles. The first-order valence-corrected chi connectivity index (χ1v) is 13.8. The molecule has 3 unspecified atom stereocenters. The third-order valence-electron chi connectivity index (χ3n) is 4.21. The number of aromatic nitrogens is 4. The number of nitrogens with two attached hydrogens (primary N) is 2. The minimum atomic E-state index is -5.69. The number of imidazole rings is 1. The molecule has 4 atom stereocenters. The molecule has 21 heteroatoms. The van der Waals surface area contributed by atoms with Crippen LogP contribution < -0.4 is 11.5 Å². The van der Waals surface area contributed by atoms with Crippen LogP contribution in [0.2, 0.25) is 0 Å². The summed E-state index contributed by atoms with van der Waals surface area (Å²) in [6.07, 6.45) is 2.51. The number of hydrogen-bond acceptors (Lipinski definition) is 13. The molecule has 35 heavy (non-hydrogen) atoms. The van der Waals surface area contributed by atoms with E-state index >= 15 is 0 Å². The van der Waals surface area contributed by atoms with Crippen LogP contribution in [0.15, 0.2) is 36.8 Å². The molecule has 0 spiro atoms. The van der Waals surface area contributed by atoms with Crippen molar-refractivity contribution >= 4 is 40.4 Å². The first-order chi connectivity index (χ1) is 16.2. The van der Waals surface area contributed by atoms with Gasteiger partial charge >= 0.3 is 23.5 Å². The summed E-state index contributed by atoms with van der Waals surface area (Å²) < 4.78 is 59.3. The van der Waals surface area contributed by atoms with Crippen molar-refractivity contribution in [3.05, 3.63) is 36.8 Å². The predicted octanol–water partition coefficient (Wildman–Crippen LogP) is 0.412. The van der Waals surface area contributed by atoms with E-state index in [4.69, 9.17) is 30.7 Å². The SMILES string of the molecule is C=CC(CN)OC1=C(COP(=O)(O)OP(=O)(O)OP(=O)(O)O)O[C@@H](n2cnc3c(N)ncnc32)C1. The third kappa shape index (κ3) is 7.16. The number of ether oxygens (including phenoxy) is 2. The molecular weight excluding hydrogens is 537 g/mol. The van der Waals surface area contributed by atoms with Gasteiger partial charge in [0.15, 0.2) is 23.5 Å². The van der Waals surface area contributed by atoms with Crippen molar-refractivity contribution in [3.63, 3.8) is 0 Å². The third-order valence-corrected chi connectivity index (χ3v) is 7.99. The fraction of sp³-hybridized carbons (Fsp3) is 0.357. The van der Waals surface area contributed by atoms with E-state index < -0.39 is 42.4 Å². The van der Waals surface area contributed by atoms with Crippen LogP contribution in [0.3, 0.4) is 0 Å². The Hall–Kier alpha value is -2.20. The van der Waals surface area contributed by atoms with E-state index in [9.17, 15) is 23.5 Å². The van der Waals surface area contributed by atoms with Gasteiger partial charge in [0, 0.05) is 6.54 Å². The fourth-order valence-electron chi connectivity index (χ4n) is 2.83. The first-order valence-electron chi connectivity index (χ1n) is 9.33. The maximum Gasteiger partial charge on any atom is 0.490 e. The second kappa shape index (κ2) is 10.4. The molecule has 2 aromatic heterocycles. The van der Waals surface area contributed by atoms with Crippen molar-refractivity contribution in [1.82, 2.24) is 19.5 Å². The summed E-state index contributed by atoms with van der Waals surface area (Å²) in [4.78, 5) is 48.3. The topological polar surface area (TPSA) is 274 Å². The number of anilines is 1. The standard InChI is InChI=1S/C14H21N6O12P3/c1-2-8(4-15)29-9-3-11(20-7-19-12-13(16)17-6-18-14(12)20)30-10(9)5-28-34(24,25)32-35(26,27)31-33(21,22)23/h2,6-8,11H,1,3-5,15H2,(H,24,25)(H,26,27)(H2,16,17,18)(H2,21,22,23)/t8?,11-/m1/s1. The van der Waals surface area contributed by atoms with Gasteiger partial charge in [-0.1, -0.05) is 12.7 Å². The van der Waals surface area contributed by atoms with Gasteiger partial charge in [0.05, 0.1) is 6.42 Å². The fourth-order valence-corrected chi connectivity index (χ4v) is 5.80. The number of phosphoric acid groups is 3. The Kier molecular flexibility index (Phi) is 8.16. The van der Waals surface area contributed by atoms with E-state index in [1.807, 2.05) is 0 Å². The Morgan fingerprint density at radius 3 is 2.54 bits per heavy atom. The lowest BCUT2D eigenvalue weighted by Crippen LogP contribution is -2.21. The molecule has 2 aromatic rings. The van der Waals surface area contributed by atoms with Crippen LogP contribution in [0.4, 0.5) is 5.82 Å². The Balaban J connectivity index is 1.80. The second-order valence-electron chi connectivity index (χ2n) is 6.70. The van der Waals surface area contributed by atoms with Crippen LogP contribution in [-0.2, 0) is 36.3 Å². The van der Waals surface area contributed by atoms with E-state index in [2.05, 4.69) is 34.7 Å². The summed E-state index contributed by atoms with van der Waals surface area (Å²) >= 11 is 0. The first kappa shape index (κ1) is 27.4. The van der Waals surface area contributed by atoms with Crippen molar-refractivity contribution in [3.8, 4) is 0 Å². The quantitative estimate of drug-likeness (QED) is 0.152. The molecule has 3 heterocycles. The summed E-state index contributed by atoms with van der Waals surface area (Å²) in [7, 11) is -16.6. The molecule has 3 rings (SSSR count). The molecule has 1 aliphatic rings. The lowest BCUT2D eigenvalue weighted by Gasteiger charge is -2.17. The van der Waals surface area contributed by atoms with Crippen molar-refractivity contribution in [2.45, 2.75) is 18.8 Å². The van der Waals surface area contributed by atoms with Crippen molar-refractivity contribution in [2.75, 3.05) is 18.9 Å². The van der Waals surface area contributed by atoms with Gasteiger partial charge in [0.1, 0.15) is 36.6 Å². The second-order valence-corrected chi connectivity index (χ2v) is 11.1. The maximum absolute atomic E-state index is 12.1. The molecule has 18 nitrogen and oxygen atoms in total. The van der Waals surface area contributed by atoms with Gasteiger partial charge in [-0.25, -0.2) is 28.6 Å². The number of nitrogens with zero attached hydrogens (tertiary/aromatic N) is 4. The van der Waals surface area contributed by atoms with E-state index in [1.165, 1.54) is 23.3 Å². The number of hydrogen-bond donors (Lipinski definition) is 6. The Bertz CT molecular complexity index is 1280. The minimum Gasteiger partial charge on any atom is -0.486 e. The Labute approximate surface area is 196 Å². The van der Waals surface area contributed by atoms with Gasteiger partial charge in [-0.15, -0.1) is 0 Å². The highest BCUT2D eigenvalue weighted by atomic mass is 31.3. The zero-order valence-electron chi connectivity index (χ0n) is 17.6. The monoisotopic (exact) mass is 558 g/mol. The average Bonchev–Trinajstić information content (AvgIpc) is 3.32. The molecule has 8 N–H and O–H groups in total. The Morgan fingerprint density at radius 1 is 1.20 bits per heavy atom. The highest BCUT2D eigenvalue weighted by Gasteiger charge is 2.41. The molecule has 0 amide bonds. The summed E-state index contributed by atoms with van der Waals surface area (Å²) in [5.74, 6) is 0.104. The van der Waals surface area contributed by atoms with Crippen molar-refractivity contribution < 1.29 is 55.9 Å². The van der Waals surface area contributed by atoms with Gasteiger partial charge in [0.25, 0.3) is 0 Å². The molecule has 0 bridgehead atoms. The molecule has 0 saturated carbocycles. The van der Waals surface area contributed by atoms with Gasteiger partial charge in [-0.2, -0.15) is 8.62 Å². The largest absolute Gasteiger partial charge is 0.490 e. The van der Waals surface area contributed by atoms with Crippen molar-refractivity contribution in [1.29, 1.82) is 0 Å². The molecule has 194 valence electrons. The van der Waals surface area contributed by atoms with E-state index in [0.717, 1.165) is 0 Å². The minimum absolute atomic E-state index is 0.0264. The molecule has 0 fully saturated rings. The van der Waals surface area contributed by atoms with Gasteiger partial charge in [-0.3, -0.25) is 9.09 Å². The van der Waals surface area contributed by atoms with Crippen LogP contribution in [0.25, 0.3) is 11.2 Å². The normalized spacial score (nSPS) is 20.8. The zero-order valence-corrected chi connectivity index (χ0v) is 20.2. The van der Waals surface area contributed by atoms with Gasteiger partial charge in [0.2, 0.25) is 0 Å². The zero-order chi connectivity index (χ0) is 26.0. The highest BCUT2D eigenvalue weighted by molar-refractivity contribution is 7.66. The van der Waals surface area contributed by atoms with E-state index in [0.29, 0.717) is 11.2 Å². The van der Waals surface area contributed by atoms with E-state index in [-0.39, 0.29) is 30.3 Å². The van der Waals surface area contributed by atoms with Crippen LogP contribution in [0.1, 0.15) is 12.6 Å². The lowest BCUT2D eigenvalue weighted by atomic mass is 10.3. The molecular formula is C14H21N6O12P3. The molecule has 0 aromatic carbocycles. The molecule has 1 aliphatic heterocycles. The highest BCUT2D eigenvalue weighted by Crippen LogP contribution is 2.66. The molecule has 0 saturated heterocycles. The summed E-state index contributed by atoms with van der Waals surface area (Å²) in [6, 6.07) is 0. The van der Waals surface area contributed by atoms with E-state index in [1.54, 1.807) is 0 Å². The molecule has 0 radical (unpaired) electrons. The number of fused-ring (bicyclic) bond motifs is 1. The summed E-state index contributed by atoms with van der Waals surface area (Å²) in [6.45, 7) is 2.77. The lowest BCUT2D eigenvalue weighted by molar-refractivity contribution is 0.0631.